The van der Waals surface area contributed by atoms with Crippen LogP contribution in [0.3, 0.4) is 0 Å². The van der Waals surface area contributed by atoms with Crippen molar-refractivity contribution in [1.82, 2.24) is 0 Å². The Morgan fingerprint density at radius 3 is 1.80 bits per heavy atom. The zero-order valence-corrected chi connectivity index (χ0v) is 11.7. The highest BCUT2D eigenvalue weighted by Crippen LogP contribution is 2.70. The minimum atomic E-state index is -6.73. The van der Waals surface area contributed by atoms with E-state index in [4.69, 9.17) is 5.11 Å². The maximum Gasteiger partial charge on any atom is 0.377 e. The Kier molecular flexibility index (Phi) is 3.12. The van der Waals surface area contributed by atoms with Gasteiger partial charge in [0.05, 0.1) is 5.57 Å². The zero-order valence-electron chi connectivity index (χ0n) is 11.7. The number of hydrogen-bond donors (Lipinski definition) is 2. The average Bonchev–Trinajstić information content (AvgIpc) is 2.49. The molecule has 25 heavy (non-hydrogen) atoms. The Hall–Kier alpha value is -1.75. The molecule has 0 bridgehead atoms. The first kappa shape index (κ1) is 18.1. The van der Waals surface area contributed by atoms with Gasteiger partial charge in [0.2, 0.25) is 0 Å². The number of aliphatic hydroxyl groups is 2. The molecule has 0 radical (unpaired) electrons. The van der Waals surface area contributed by atoms with Crippen LogP contribution in [-0.2, 0) is 5.92 Å². The van der Waals surface area contributed by atoms with Gasteiger partial charge in [-0.25, -0.2) is 8.78 Å². The predicted octanol–water partition coefficient (Wildman–Crippen LogP) is 3.48. The highest BCUT2D eigenvalue weighted by molar-refractivity contribution is 5.69. The van der Waals surface area contributed by atoms with Crippen molar-refractivity contribution in [2.45, 2.75) is 35.1 Å². The third-order valence-corrected chi connectivity index (χ3v) is 4.44. The molecule has 1 saturated carbocycles. The first-order valence-corrected chi connectivity index (χ1v) is 6.55. The Balaban J connectivity index is 2.49. The molecule has 0 aliphatic heterocycles. The Bertz CT molecular complexity index is 784. The second-order valence-electron chi connectivity index (χ2n) is 5.77. The van der Waals surface area contributed by atoms with Crippen molar-refractivity contribution >= 4 is 6.08 Å². The van der Waals surface area contributed by atoms with E-state index in [0.29, 0.717) is 6.07 Å². The molecule has 1 aromatic carbocycles. The molecule has 0 aromatic heterocycles. The van der Waals surface area contributed by atoms with Crippen LogP contribution in [0, 0.1) is 0 Å². The molecule has 0 heterocycles. The summed E-state index contributed by atoms with van der Waals surface area (Å²) >= 11 is 0. The molecule has 3 atom stereocenters. The van der Waals surface area contributed by atoms with Gasteiger partial charge in [0.1, 0.15) is 0 Å². The molecule has 3 rings (SSSR count). The quantitative estimate of drug-likeness (QED) is 0.679. The fourth-order valence-electron chi connectivity index (χ4n) is 3.02. The first-order valence-electron chi connectivity index (χ1n) is 6.55. The second-order valence-corrected chi connectivity index (χ2v) is 5.77. The molecule has 2 aliphatic rings. The standard InChI is InChI=1S/C14H7F9O2/c15-9-8(5-6-3-1-2-4-7(6)10(9,16)17)11(18,24)14(23,25)13(21,22)12(9,19)20/h1-5,24-25H. The predicted molar refractivity (Wildman–Crippen MR) is 64.2 cm³/mol. The lowest BCUT2D eigenvalue weighted by molar-refractivity contribution is -0.452. The first-order chi connectivity index (χ1) is 11.1. The SMILES string of the molecule is OC1(F)C2=Cc3ccccc3C(F)(F)C2(F)C(F)(F)C(F)(F)C1(O)F. The Labute approximate surface area is 133 Å². The van der Waals surface area contributed by atoms with Crippen molar-refractivity contribution in [2.75, 3.05) is 0 Å². The highest BCUT2D eigenvalue weighted by atomic mass is 19.3. The molecule has 0 amide bonds. The van der Waals surface area contributed by atoms with E-state index < -0.39 is 51.8 Å². The largest absolute Gasteiger partial charge is 0.377 e. The molecule has 11 heteroatoms. The summed E-state index contributed by atoms with van der Waals surface area (Å²) in [7, 11) is 0. The topological polar surface area (TPSA) is 40.5 Å². The summed E-state index contributed by atoms with van der Waals surface area (Å²) in [5, 5.41) is 18.1. The van der Waals surface area contributed by atoms with E-state index in [1.807, 2.05) is 0 Å². The van der Waals surface area contributed by atoms with E-state index in [0.717, 1.165) is 18.2 Å². The van der Waals surface area contributed by atoms with Crippen LogP contribution in [0.15, 0.2) is 29.8 Å². The van der Waals surface area contributed by atoms with Gasteiger partial charge in [0.15, 0.2) is 0 Å². The van der Waals surface area contributed by atoms with Crippen LogP contribution >= 0.6 is 0 Å². The molecule has 2 N–H and O–H groups in total. The van der Waals surface area contributed by atoms with Crippen LogP contribution < -0.4 is 0 Å². The fourth-order valence-corrected chi connectivity index (χ4v) is 3.02. The molecule has 2 aliphatic carbocycles. The van der Waals surface area contributed by atoms with E-state index in [1.54, 1.807) is 0 Å². The summed E-state index contributed by atoms with van der Waals surface area (Å²) in [6.07, 6.45) is -0.152. The summed E-state index contributed by atoms with van der Waals surface area (Å²) in [5.74, 6) is -30.5. The molecule has 0 saturated heterocycles. The van der Waals surface area contributed by atoms with Gasteiger partial charge in [-0.3, -0.25) is 0 Å². The third-order valence-electron chi connectivity index (χ3n) is 4.44. The van der Waals surface area contributed by atoms with Crippen molar-refractivity contribution in [3.63, 3.8) is 0 Å². The van der Waals surface area contributed by atoms with Crippen molar-refractivity contribution in [3.05, 3.63) is 41.0 Å². The minimum Gasteiger partial charge on any atom is -0.354 e. The summed E-state index contributed by atoms with van der Waals surface area (Å²) in [5.41, 5.74) is -10.9. The summed E-state index contributed by atoms with van der Waals surface area (Å²) < 4.78 is 127. The summed E-state index contributed by atoms with van der Waals surface area (Å²) in [6.45, 7) is 0. The molecule has 3 unspecified atom stereocenters. The molecule has 1 aromatic rings. The van der Waals surface area contributed by atoms with Gasteiger partial charge >= 0.3 is 23.6 Å². The van der Waals surface area contributed by atoms with Gasteiger partial charge in [-0.2, -0.15) is 30.7 Å². The van der Waals surface area contributed by atoms with Crippen molar-refractivity contribution in [2.24, 2.45) is 0 Å². The number of rotatable bonds is 0. The monoisotopic (exact) mass is 378 g/mol. The highest BCUT2D eigenvalue weighted by Gasteiger charge is 2.95. The van der Waals surface area contributed by atoms with Gasteiger partial charge in [-0.05, 0) is 11.6 Å². The van der Waals surface area contributed by atoms with E-state index in [1.165, 1.54) is 0 Å². The van der Waals surface area contributed by atoms with Crippen LogP contribution in [0.5, 0.6) is 0 Å². The third kappa shape index (κ3) is 1.57. The van der Waals surface area contributed by atoms with Crippen LogP contribution in [0.1, 0.15) is 11.1 Å². The van der Waals surface area contributed by atoms with Crippen LogP contribution in [0.2, 0.25) is 0 Å². The van der Waals surface area contributed by atoms with E-state index >= 15 is 0 Å². The second kappa shape index (κ2) is 4.32. The molecule has 138 valence electrons. The van der Waals surface area contributed by atoms with Gasteiger partial charge in [0.25, 0.3) is 11.5 Å². The Morgan fingerprint density at radius 2 is 1.24 bits per heavy atom. The number of halogens is 9. The molecule has 1 fully saturated rings. The number of benzene rings is 1. The lowest BCUT2D eigenvalue weighted by Crippen LogP contribution is -2.81. The molecular weight excluding hydrogens is 371 g/mol. The Morgan fingerprint density at radius 1 is 0.720 bits per heavy atom. The lowest BCUT2D eigenvalue weighted by Gasteiger charge is -2.55. The van der Waals surface area contributed by atoms with Crippen molar-refractivity contribution < 1.29 is 49.7 Å². The van der Waals surface area contributed by atoms with Gasteiger partial charge < -0.3 is 10.2 Å². The summed E-state index contributed by atoms with van der Waals surface area (Å²) in [6, 6.07) is 3.05. The molecule has 2 nitrogen and oxygen atoms in total. The lowest BCUT2D eigenvalue weighted by atomic mass is 9.63. The van der Waals surface area contributed by atoms with Crippen LogP contribution in [0.4, 0.5) is 39.5 Å². The number of hydrogen-bond acceptors (Lipinski definition) is 2. The maximum absolute atomic E-state index is 14.9. The van der Waals surface area contributed by atoms with E-state index in [-0.39, 0.29) is 6.08 Å². The van der Waals surface area contributed by atoms with E-state index in [2.05, 4.69) is 0 Å². The van der Waals surface area contributed by atoms with Crippen LogP contribution in [-0.4, -0.2) is 39.4 Å². The fraction of sp³-hybridized carbons (Fsp3) is 0.429. The van der Waals surface area contributed by atoms with Crippen molar-refractivity contribution in [1.29, 1.82) is 0 Å². The molecule has 0 spiro atoms. The number of alkyl halides is 9. The molecular formula is C14H7F9O2. The smallest absolute Gasteiger partial charge is 0.354 e. The summed E-state index contributed by atoms with van der Waals surface area (Å²) in [4.78, 5) is 0. The average molecular weight is 378 g/mol. The van der Waals surface area contributed by atoms with Gasteiger partial charge in [-0.1, -0.05) is 24.3 Å². The zero-order chi connectivity index (χ0) is 19.3. The minimum absolute atomic E-state index is 0.152. The van der Waals surface area contributed by atoms with Gasteiger partial charge in [-0.15, -0.1) is 0 Å². The number of fused-ring (bicyclic) bond motifs is 2. The van der Waals surface area contributed by atoms with Crippen molar-refractivity contribution in [3.8, 4) is 0 Å². The normalized spacial score (nSPS) is 40.7. The van der Waals surface area contributed by atoms with Gasteiger partial charge in [0, 0.05) is 5.56 Å². The maximum atomic E-state index is 14.9. The van der Waals surface area contributed by atoms with E-state index in [9.17, 15) is 44.6 Å². The van der Waals surface area contributed by atoms with Crippen LogP contribution in [0.25, 0.3) is 6.08 Å².